The van der Waals surface area contributed by atoms with Gasteiger partial charge in [-0.05, 0) is 5.92 Å². The molecule has 0 aliphatic rings. The average molecular weight is 353 g/mol. The fourth-order valence-electron chi connectivity index (χ4n) is 4.06. The van der Waals surface area contributed by atoms with E-state index >= 15 is 0 Å². The standard InChI is InChI=1S/C25H52/c1-4-7-10-12-13-14-15-16-17-18-19-21-24-25(22-9-6-3)23-20-11-8-5-2/h25H,4-24H2,1-3H3. The fourth-order valence-corrected chi connectivity index (χ4v) is 4.06. The summed E-state index contributed by atoms with van der Waals surface area (Å²) in [6.07, 6.45) is 30.8. The molecule has 0 aliphatic heterocycles. The van der Waals surface area contributed by atoms with Crippen molar-refractivity contribution in [3.63, 3.8) is 0 Å². The molecule has 0 saturated heterocycles. The van der Waals surface area contributed by atoms with Gasteiger partial charge in [-0.3, -0.25) is 0 Å². The lowest BCUT2D eigenvalue weighted by atomic mass is 9.90. The van der Waals surface area contributed by atoms with Gasteiger partial charge in [-0.15, -0.1) is 0 Å². The maximum absolute atomic E-state index is 2.35. The third-order valence-electron chi connectivity index (χ3n) is 5.90. The Morgan fingerprint density at radius 1 is 0.320 bits per heavy atom. The first-order valence-corrected chi connectivity index (χ1v) is 12.3. The molecule has 0 aliphatic carbocycles. The third kappa shape index (κ3) is 20.2. The van der Waals surface area contributed by atoms with Crippen LogP contribution in [0.2, 0.25) is 0 Å². The van der Waals surface area contributed by atoms with Crippen LogP contribution in [0.15, 0.2) is 0 Å². The van der Waals surface area contributed by atoms with Gasteiger partial charge in [0.1, 0.15) is 0 Å². The Kier molecular flexibility index (Phi) is 22.0. The Hall–Kier alpha value is 0. The Labute approximate surface area is 161 Å². The number of unbranched alkanes of at least 4 members (excludes halogenated alkanes) is 15. The minimum absolute atomic E-state index is 1.04. The minimum Gasteiger partial charge on any atom is -0.0654 e. The third-order valence-corrected chi connectivity index (χ3v) is 5.90. The van der Waals surface area contributed by atoms with E-state index in [9.17, 15) is 0 Å². The fraction of sp³-hybridized carbons (Fsp3) is 1.00. The van der Waals surface area contributed by atoms with Crippen LogP contribution in [0.3, 0.4) is 0 Å². The topological polar surface area (TPSA) is 0 Å². The van der Waals surface area contributed by atoms with Crippen LogP contribution in [-0.2, 0) is 0 Å². The highest BCUT2D eigenvalue weighted by Gasteiger charge is 2.08. The van der Waals surface area contributed by atoms with Crippen molar-refractivity contribution in [2.24, 2.45) is 5.92 Å². The van der Waals surface area contributed by atoms with Crippen LogP contribution >= 0.6 is 0 Å². The molecule has 0 fully saturated rings. The molecule has 0 aromatic heterocycles. The first-order chi connectivity index (χ1) is 12.3. The van der Waals surface area contributed by atoms with Crippen molar-refractivity contribution in [2.45, 2.75) is 156 Å². The molecule has 0 spiro atoms. The van der Waals surface area contributed by atoms with Gasteiger partial charge in [0.05, 0.1) is 0 Å². The van der Waals surface area contributed by atoms with Crippen molar-refractivity contribution in [2.75, 3.05) is 0 Å². The van der Waals surface area contributed by atoms with Crippen LogP contribution in [0.5, 0.6) is 0 Å². The summed E-state index contributed by atoms with van der Waals surface area (Å²) in [6, 6.07) is 0. The molecule has 0 aromatic rings. The molecular weight excluding hydrogens is 300 g/mol. The zero-order valence-electron chi connectivity index (χ0n) is 18.4. The largest absolute Gasteiger partial charge is 0.0654 e. The Morgan fingerprint density at radius 3 is 1.00 bits per heavy atom. The predicted octanol–water partition coefficient (Wildman–Crippen LogP) is 9.85. The quantitative estimate of drug-likeness (QED) is 0.180. The van der Waals surface area contributed by atoms with E-state index in [0.717, 1.165) is 5.92 Å². The summed E-state index contributed by atoms with van der Waals surface area (Å²) in [5.41, 5.74) is 0. The van der Waals surface area contributed by atoms with Gasteiger partial charge >= 0.3 is 0 Å². The number of rotatable bonds is 21. The van der Waals surface area contributed by atoms with Gasteiger partial charge in [0.25, 0.3) is 0 Å². The van der Waals surface area contributed by atoms with Gasteiger partial charge in [-0.1, -0.05) is 156 Å². The lowest BCUT2D eigenvalue weighted by Gasteiger charge is -2.16. The molecule has 0 aromatic carbocycles. The molecular formula is C25H52. The first-order valence-electron chi connectivity index (χ1n) is 12.3. The first kappa shape index (κ1) is 25.0. The molecule has 0 radical (unpaired) electrons. The summed E-state index contributed by atoms with van der Waals surface area (Å²) in [5.74, 6) is 1.04. The highest BCUT2D eigenvalue weighted by Crippen LogP contribution is 2.23. The molecule has 0 saturated carbocycles. The zero-order valence-corrected chi connectivity index (χ0v) is 18.4. The van der Waals surface area contributed by atoms with Crippen LogP contribution in [0, 0.1) is 5.92 Å². The van der Waals surface area contributed by atoms with E-state index in [1.165, 1.54) is 135 Å². The minimum atomic E-state index is 1.04. The van der Waals surface area contributed by atoms with Crippen LogP contribution < -0.4 is 0 Å². The molecule has 1 unspecified atom stereocenters. The Bertz CT molecular complexity index is 220. The molecule has 0 bridgehead atoms. The summed E-state index contributed by atoms with van der Waals surface area (Å²) in [4.78, 5) is 0. The average Bonchev–Trinajstić information content (AvgIpc) is 2.63. The summed E-state index contributed by atoms with van der Waals surface area (Å²) < 4.78 is 0. The zero-order chi connectivity index (χ0) is 18.4. The van der Waals surface area contributed by atoms with Gasteiger partial charge in [-0.25, -0.2) is 0 Å². The maximum atomic E-state index is 2.35. The van der Waals surface area contributed by atoms with Crippen LogP contribution in [-0.4, -0.2) is 0 Å². The molecule has 0 nitrogen and oxygen atoms in total. The lowest BCUT2D eigenvalue weighted by Crippen LogP contribution is -2.01. The molecule has 0 heteroatoms. The smallest absolute Gasteiger partial charge is 0.0414 e. The van der Waals surface area contributed by atoms with Gasteiger partial charge in [-0.2, -0.15) is 0 Å². The van der Waals surface area contributed by atoms with E-state index in [0.29, 0.717) is 0 Å². The normalized spacial score (nSPS) is 12.6. The molecule has 1 atom stereocenters. The van der Waals surface area contributed by atoms with Crippen LogP contribution in [0.25, 0.3) is 0 Å². The van der Waals surface area contributed by atoms with E-state index in [-0.39, 0.29) is 0 Å². The second kappa shape index (κ2) is 22.0. The van der Waals surface area contributed by atoms with Crippen LogP contribution in [0.4, 0.5) is 0 Å². The van der Waals surface area contributed by atoms with Crippen molar-refractivity contribution < 1.29 is 0 Å². The van der Waals surface area contributed by atoms with Crippen molar-refractivity contribution in [3.05, 3.63) is 0 Å². The second-order valence-corrected chi connectivity index (χ2v) is 8.54. The molecule has 0 rings (SSSR count). The summed E-state index contributed by atoms with van der Waals surface area (Å²) in [7, 11) is 0. The maximum Gasteiger partial charge on any atom is -0.0414 e. The summed E-state index contributed by atoms with van der Waals surface area (Å²) in [5, 5.41) is 0. The molecule has 0 heterocycles. The van der Waals surface area contributed by atoms with Crippen molar-refractivity contribution >= 4 is 0 Å². The summed E-state index contributed by atoms with van der Waals surface area (Å²) >= 11 is 0. The van der Waals surface area contributed by atoms with E-state index in [4.69, 9.17) is 0 Å². The van der Waals surface area contributed by atoms with E-state index in [1.54, 1.807) is 0 Å². The molecule has 25 heavy (non-hydrogen) atoms. The monoisotopic (exact) mass is 352 g/mol. The Balaban J connectivity index is 3.41. The molecule has 0 N–H and O–H groups in total. The molecule has 0 amide bonds. The van der Waals surface area contributed by atoms with Gasteiger partial charge in [0, 0.05) is 0 Å². The molecule has 152 valence electrons. The van der Waals surface area contributed by atoms with Crippen molar-refractivity contribution in [1.29, 1.82) is 0 Å². The predicted molar refractivity (Wildman–Crippen MR) is 117 cm³/mol. The van der Waals surface area contributed by atoms with Gasteiger partial charge in [0.15, 0.2) is 0 Å². The van der Waals surface area contributed by atoms with E-state index in [1.807, 2.05) is 0 Å². The number of hydrogen-bond acceptors (Lipinski definition) is 0. The highest BCUT2D eigenvalue weighted by molar-refractivity contribution is 4.61. The van der Waals surface area contributed by atoms with E-state index < -0.39 is 0 Å². The Morgan fingerprint density at radius 2 is 0.600 bits per heavy atom. The van der Waals surface area contributed by atoms with Crippen LogP contribution in [0.1, 0.15) is 156 Å². The summed E-state index contributed by atoms with van der Waals surface area (Å²) in [6.45, 7) is 6.97. The van der Waals surface area contributed by atoms with Crippen molar-refractivity contribution in [1.82, 2.24) is 0 Å². The van der Waals surface area contributed by atoms with Gasteiger partial charge in [0.2, 0.25) is 0 Å². The SMILES string of the molecule is CCCCCCCCCCCCCCC(CCCC)CCCCCC. The second-order valence-electron chi connectivity index (χ2n) is 8.54. The van der Waals surface area contributed by atoms with Crippen molar-refractivity contribution in [3.8, 4) is 0 Å². The van der Waals surface area contributed by atoms with Gasteiger partial charge < -0.3 is 0 Å². The lowest BCUT2D eigenvalue weighted by molar-refractivity contribution is 0.371. The van der Waals surface area contributed by atoms with E-state index in [2.05, 4.69) is 20.8 Å². The highest BCUT2D eigenvalue weighted by atomic mass is 14.1. The number of hydrogen-bond donors (Lipinski definition) is 0.